The monoisotopic (exact) mass is 352 g/mol. The van der Waals surface area contributed by atoms with Crippen LogP contribution in [0, 0.1) is 11.3 Å². The van der Waals surface area contributed by atoms with Gasteiger partial charge >= 0.3 is 5.97 Å². The third-order valence-electron chi connectivity index (χ3n) is 3.76. The first-order valence-corrected chi connectivity index (χ1v) is 8.56. The van der Waals surface area contributed by atoms with Crippen molar-refractivity contribution in [2.24, 2.45) is 0 Å². The van der Waals surface area contributed by atoms with Gasteiger partial charge in [0.1, 0.15) is 5.69 Å². The van der Waals surface area contributed by atoms with Crippen molar-refractivity contribution in [1.82, 2.24) is 9.97 Å². The molecule has 2 heterocycles. The van der Waals surface area contributed by atoms with Gasteiger partial charge in [0.15, 0.2) is 11.7 Å². The first kappa shape index (κ1) is 16.9. The van der Waals surface area contributed by atoms with Crippen LogP contribution in [0.1, 0.15) is 29.5 Å². The highest BCUT2D eigenvalue weighted by molar-refractivity contribution is 7.10. The van der Waals surface area contributed by atoms with E-state index < -0.39 is 11.9 Å². The number of methoxy groups -OCH3 is 1. The van der Waals surface area contributed by atoms with Crippen molar-refractivity contribution in [2.75, 3.05) is 12.4 Å². The van der Waals surface area contributed by atoms with Gasteiger partial charge in [-0.25, -0.2) is 9.97 Å². The molecular weight excluding hydrogens is 336 g/mol. The first-order valence-electron chi connectivity index (χ1n) is 7.68. The Morgan fingerprint density at radius 1 is 1.24 bits per heavy atom. The summed E-state index contributed by atoms with van der Waals surface area (Å²) < 4.78 is 4.75. The van der Waals surface area contributed by atoms with Crippen molar-refractivity contribution >= 4 is 34.2 Å². The molecule has 2 atom stereocenters. The summed E-state index contributed by atoms with van der Waals surface area (Å²) >= 11 is 1.62. The van der Waals surface area contributed by atoms with Crippen LogP contribution < -0.4 is 5.32 Å². The molecule has 0 radical (unpaired) electrons. The molecule has 0 amide bonds. The van der Waals surface area contributed by atoms with Gasteiger partial charge in [-0.2, -0.15) is 5.26 Å². The maximum absolute atomic E-state index is 12.0. The Hall–Kier alpha value is -2.98. The topological polar surface area (TPSA) is 87.9 Å². The van der Waals surface area contributed by atoms with E-state index in [-0.39, 0.29) is 11.7 Å². The van der Waals surface area contributed by atoms with E-state index in [0.717, 1.165) is 4.88 Å². The molecule has 0 bridgehead atoms. The molecule has 0 unspecified atom stereocenters. The normalized spacial score (nSPS) is 13.0. The van der Waals surface area contributed by atoms with Crippen LogP contribution in [0.2, 0.25) is 0 Å². The van der Waals surface area contributed by atoms with Gasteiger partial charge in [-0.1, -0.05) is 18.2 Å². The van der Waals surface area contributed by atoms with Crippen molar-refractivity contribution < 1.29 is 9.53 Å². The molecule has 6 nitrogen and oxygen atoms in total. The minimum atomic E-state index is -1.14. The molecule has 0 spiro atoms. The number of nitrogens with zero attached hydrogens (tertiary/aromatic N) is 3. The number of nitrogens with one attached hydrogen (secondary N) is 1. The third kappa shape index (κ3) is 3.44. The zero-order chi connectivity index (χ0) is 17.8. The molecule has 0 aliphatic rings. The van der Waals surface area contributed by atoms with E-state index >= 15 is 0 Å². The second-order valence-electron chi connectivity index (χ2n) is 5.41. The fraction of sp³-hybridized carbons (Fsp3) is 0.222. The lowest BCUT2D eigenvalue weighted by Gasteiger charge is -2.18. The van der Waals surface area contributed by atoms with Gasteiger partial charge < -0.3 is 10.1 Å². The number of nitriles is 1. The van der Waals surface area contributed by atoms with Gasteiger partial charge in [0.05, 0.1) is 30.3 Å². The molecule has 7 heteroatoms. The first-order chi connectivity index (χ1) is 12.1. The summed E-state index contributed by atoms with van der Waals surface area (Å²) in [5.41, 5.74) is 1.58. The summed E-state index contributed by atoms with van der Waals surface area (Å²) in [7, 11) is 1.25. The molecule has 0 aliphatic heterocycles. The van der Waals surface area contributed by atoms with Gasteiger partial charge in [-0.15, -0.1) is 11.3 Å². The highest BCUT2D eigenvalue weighted by Crippen LogP contribution is 2.29. The zero-order valence-corrected chi connectivity index (χ0v) is 14.6. The summed E-state index contributed by atoms with van der Waals surface area (Å²) in [5.74, 6) is -1.38. The molecule has 2 aromatic heterocycles. The minimum Gasteiger partial charge on any atom is -0.468 e. The average Bonchev–Trinajstić information content (AvgIpc) is 3.17. The number of esters is 1. The van der Waals surface area contributed by atoms with Crippen LogP contribution in [0.4, 0.5) is 5.82 Å². The largest absolute Gasteiger partial charge is 0.468 e. The lowest BCUT2D eigenvalue weighted by atomic mass is 10.1. The number of rotatable bonds is 5. The number of benzene rings is 1. The molecule has 0 saturated heterocycles. The summed E-state index contributed by atoms with van der Waals surface area (Å²) in [6.45, 7) is 1.99. The number of anilines is 1. The predicted molar refractivity (Wildman–Crippen MR) is 96.3 cm³/mol. The third-order valence-corrected chi connectivity index (χ3v) is 4.82. The fourth-order valence-electron chi connectivity index (χ4n) is 2.48. The molecule has 0 saturated carbocycles. The van der Waals surface area contributed by atoms with Crippen LogP contribution in [-0.4, -0.2) is 23.0 Å². The Balaban J connectivity index is 2.09. The number of thiophene rings is 1. The Bertz CT molecular complexity index is 934. The van der Waals surface area contributed by atoms with E-state index in [1.165, 1.54) is 7.11 Å². The van der Waals surface area contributed by atoms with Crippen molar-refractivity contribution in [3.8, 4) is 6.07 Å². The molecule has 25 heavy (non-hydrogen) atoms. The highest BCUT2D eigenvalue weighted by atomic mass is 32.1. The minimum absolute atomic E-state index is 0.0359. The number of carbonyl (C=O) groups is 1. The summed E-state index contributed by atoms with van der Waals surface area (Å²) in [6.07, 6.45) is 0. The molecule has 126 valence electrons. The van der Waals surface area contributed by atoms with Crippen LogP contribution >= 0.6 is 11.3 Å². The van der Waals surface area contributed by atoms with E-state index in [1.807, 2.05) is 48.7 Å². The second-order valence-corrected chi connectivity index (χ2v) is 6.39. The number of carbonyl (C=O) groups excluding carboxylic acids is 1. The van der Waals surface area contributed by atoms with E-state index in [9.17, 15) is 10.1 Å². The summed E-state index contributed by atoms with van der Waals surface area (Å²) in [4.78, 5) is 22.2. The standard InChI is InChI=1S/C18H16N4O2S/c1-11(15-8-5-9-25-15)20-17-16(12(10-19)18(23)24-2)21-13-6-3-4-7-14(13)22-17/h3-9,11-12H,1-2H3,(H,20,22)/t11-,12+/m0/s1. The SMILES string of the molecule is COC(=O)[C@H](C#N)c1nc2ccccc2nc1N[C@@H](C)c1cccs1. The van der Waals surface area contributed by atoms with Gasteiger partial charge in [0, 0.05) is 4.88 Å². The van der Waals surface area contributed by atoms with Crippen LogP contribution in [-0.2, 0) is 9.53 Å². The number of para-hydroxylation sites is 2. The fourth-order valence-corrected chi connectivity index (χ4v) is 3.21. The molecule has 0 fully saturated rings. The highest BCUT2D eigenvalue weighted by Gasteiger charge is 2.28. The van der Waals surface area contributed by atoms with E-state index in [0.29, 0.717) is 16.9 Å². The Morgan fingerprint density at radius 2 is 1.96 bits per heavy atom. The number of fused-ring (bicyclic) bond motifs is 1. The van der Waals surface area contributed by atoms with Crippen LogP contribution in [0.15, 0.2) is 41.8 Å². The van der Waals surface area contributed by atoms with Crippen molar-refractivity contribution in [2.45, 2.75) is 18.9 Å². The van der Waals surface area contributed by atoms with Crippen LogP contribution in [0.25, 0.3) is 11.0 Å². The van der Waals surface area contributed by atoms with Crippen molar-refractivity contribution in [3.05, 3.63) is 52.3 Å². The maximum Gasteiger partial charge on any atom is 0.329 e. The van der Waals surface area contributed by atoms with Gasteiger partial charge in [0.2, 0.25) is 0 Å². The van der Waals surface area contributed by atoms with Crippen LogP contribution in [0.3, 0.4) is 0 Å². The molecule has 1 N–H and O–H groups in total. The summed E-state index contributed by atoms with van der Waals surface area (Å²) in [6, 6.07) is 13.3. The second kappa shape index (κ2) is 7.28. The van der Waals surface area contributed by atoms with Gasteiger partial charge in [-0.05, 0) is 30.5 Å². The number of ether oxygens (including phenoxy) is 1. The summed E-state index contributed by atoms with van der Waals surface area (Å²) in [5, 5.41) is 14.7. The Labute approximate surface area is 149 Å². The maximum atomic E-state index is 12.0. The Kier molecular flexibility index (Phi) is 4.91. The van der Waals surface area contributed by atoms with Crippen molar-refractivity contribution in [3.63, 3.8) is 0 Å². The van der Waals surface area contributed by atoms with Crippen molar-refractivity contribution in [1.29, 1.82) is 5.26 Å². The Morgan fingerprint density at radius 3 is 2.56 bits per heavy atom. The van der Waals surface area contributed by atoms with E-state index in [1.54, 1.807) is 17.4 Å². The molecule has 1 aromatic carbocycles. The lowest BCUT2D eigenvalue weighted by molar-refractivity contribution is -0.141. The molecular formula is C18H16N4O2S. The van der Waals surface area contributed by atoms with E-state index in [2.05, 4.69) is 15.3 Å². The average molecular weight is 352 g/mol. The number of aromatic nitrogens is 2. The van der Waals surface area contributed by atoms with Crippen LogP contribution in [0.5, 0.6) is 0 Å². The predicted octanol–water partition coefficient (Wildman–Crippen LogP) is 3.64. The van der Waals surface area contributed by atoms with Gasteiger partial charge in [-0.3, -0.25) is 4.79 Å². The molecule has 3 aromatic rings. The zero-order valence-electron chi connectivity index (χ0n) is 13.8. The lowest BCUT2D eigenvalue weighted by Crippen LogP contribution is -2.18. The molecule has 3 rings (SSSR count). The molecule has 0 aliphatic carbocycles. The quantitative estimate of drug-likeness (QED) is 0.705. The number of hydrogen-bond acceptors (Lipinski definition) is 7. The van der Waals surface area contributed by atoms with E-state index in [4.69, 9.17) is 4.74 Å². The number of hydrogen-bond donors (Lipinski definition) is 1. The van der Waals surface area contributed by atoms with Gasteiger partial charge in [0.25, 0.3) is 0 Å². The smallest absolute Gasteiger partial charge is 0.329 e.